The van der Waals surface area contributed by atoms with Gasteiger partial charge in [-0.15, -0.1) is 0 Å². The van der Waals surface area contributed by atoms with Crippen molar-refractivity contribution in [2.24, 2.45) is 0 Å². The van der Waals surface area contributed by atoms with Gasteiger partial charge in [0.25, 0.3) is 0 Å². The summed E-state index contributed by atoms with van der Waals surface area (Å²) in [5, 5.41) is 7.41. The van der Waals surface area contributed by atoms with Crippen LogP contribution in [0.25, 0.3) is 0 Å². The lowest BCUT2D eigenvalue weighted by molar-refractivity contribution is 0.0725. The Morgan fingerprint density at radius 3 is 1.19 bits per heavy atom. The molecule has 2 N–H and O–H groups in total. The average molecular weight is 572 g/mol. The van der Waals surface area contributed by atoms with E-state index in [1.807, 2.05) is 0 Å². The van der Waals surface area contributed by atoms with Crippen LogP contribution in [0.3, 0.4) is 0 Å². The summed E-state index contributed by atoms with van der Waals surface area (Å²) in [6, 6.07) is 43.6. The van der Waals surface area contributed by atoms with Gasteiger partial charge in [-0.1, -0.05) is 172 Å². The Bertz CT molecular complexity index is 1150. The number of hydrogen-bond acceptors (Lipinski definition) is 3. The van der Waals surface area contributed by atoms with Crippen molar-refractivity contribution in [2.45, 2.75) is 64.2 Å². The molecule has 0 aliphatic rings. The van der Waals surface area contributed by atoms with Gasteiger partial charge >= 0.3 is 0 Å². The van der Waals surface area contributed by atoms with Crippen molar-refractivity contribution in [1.29, 1.82) is 0 Å². The van der Waals surface area contributed by atoms with Crippen molar-refractivity contribution in [3.8, 4) is 0 Å². The van der Waals surface area contributed by atoms with E-state index >= 15 is 0 Å². The molecule has 3 nitrogen and oxygen atoms in total. The Hall–Kier alpha value is -3.11. The Morgan fingerprint density at radius 1 is 0.488 bits per heavy atom. The zero-order valence-electron chi connectivity index (χ0n) is 26.3. The zero-order valence-corrected chi connectivity index (χ0v) is 26.3. The van der Waals surface area contributed by atoms with Gasteiger partial charge in [-0.25, -0.2) is 0 Å². The minimum absolute atomic E-state index is 0.0963. The van der Waals surface area contributed by atoms with E-state index < -0.39 is 0 Å². The number of benzene rings is 4. The summed E-state index contributed by atoms with van der Waals surface area (Å²) in [7, 11) is 0. The monoisotopic (exact) mass is 572 g/mol. The number of nitrogens with one attached hydrogen (secondary N) is 2. The minimum Gasteiger partial charge on any atom is -0.381 e. The van der Waals surface area contributed by atoms with E-state index in [9.17, 15) is 0 Å². The third kappa shape index (κ3) is 10.5. The van der Waals surface area contributed by atoms with Crippen LogP contribution in [0.15, 0.2) is 121 Å². The predicted octanol–water partition coefficient (Wildman–Crippen LogP) is 7.15. The molecule has 0 fully saturated rings. The molecule has 2 atom stereocenters. The highest BCUT2D eigenvalue weighted by Crippen LogP contribution is 2.33. The van der Waals surface area contributed by atoms with Gasteiger partial charge in [0.05, 0.1) is 12.0 Å². The molecule has 0 aliphatic carbocycles. The Labute approximate surface area is 262 Å². The summed E-state index contributed by atoms with van der Waals surface area (Å²) >= 11 is 0. The molecular formula is C38H50B2N2O. The second-order valence-corrected chi connectivity index (χ2v) is 11.6. The van der Waals surface area contributed by atoms with Crippen LogP contribution < -0.4 is 21.6 Å². The molecule has 2 unspecified atom stereocenters. The first-order valence-corrected chi connectivity index (χ1v) is 16.6. The predicted molar refractivity (Wildman–Crippen MR) is 188 cm³/mol. The first-order chi connectivity index (χ1) is 21.3. The van der Waals surface area contributed by atoms with Crippen molar-refractivity contribution in [2.75, 3.05) is 26.2 Å². The van der Waals surface area contributed by atoms with Crippen LogP contribution >= 0.6 is 0 Å². The number of ether oxygens (including phenoxy) is 1. The van der Waals surface area contributed by atoms with Gasteiger partial charge in [0.1, 0.15) is 0 Å². The van der Waals surface area contributed by atoms with E-state index in [1.165, 1.54) is 47.7 Å². The first kappa shape index (κ1) is 32.8. The second kappa shape index (κ2) is 19.2. The quantitative estimate of drug-likeness (QED) is 0.0872. The van der Waals surface area contributed by atoms with E-state index in [-0.39, 0.29) is 25.4 Å². The molecular weight excluding hydrogens is 522 g/mol. The minimum atomic E-state index is -0.0963. The molecule has 224 valence electrons. The molecule has 43 heavy (non-hydrogen) atoms. The Balaban J connectivity index is 1.73. The lowest BCUT2D eigenvalue weighted by Gasteiger charge is -2.34. The van der Waals surface area contributed by atoms with Crippen LogP contribution in [0.2, 0.25) is 12.6 Å². The van der Waals surface area contributed by atoms with Crippen LogP contribution in [0.4, 0.5) is 0 Å². The molecule has 4 aromatic rings. The van der Waals surface area contributed by atoms with E-state index in [0.717, 1.165) is 38.8 Å². The fourth-order valence-electron chi connectivity index (χ4n) is 6.01. The van der Waals surface area contributed by atoms with Crippen LogP contribution in [0.1, 0.15) is 62.7 Å². The van der Waals surface area contributed by atoms with Crippen LogP contribution in [-0.4, -0.2) is 39.6 Å². The summed E-state index contributed by atoms with van der Waals surface area (Å²) in [6.45, 7) is 8.97. The molecule has 5 heteroatoms. The zero-order chi connectivity index (χ0) is 30.0. The fraction of sp³-hybridized carbons (Fsp3) is 0.368. The largest absolute Gasteiger partial charge is 0.381 e. The first-order valence-electron chi connectivity index (χ1n) is 16.6. The topological polar surface area (TPSA) is 33.3 Å². The van der Waals surface area contributed by atoms with Crippen LogP contribution in [-0.2, 0) is 4.74 Å². The second-order valence-electron chi connectivity index (χ2n) is 11.6. The average Bonchev–Trinajstić information content (AvgIpc) is 3.07. The normalized spacial score (nSPS) is 12.5. The molecule has 0 saturated carbocycles. The highest BCUT2D eigenvalue weighted by atomic mass is 16.5. The number of hydrogen-bond donors (Lipinski definition) is 2. The molecule has 0 heterocycles. The molecule has 0 amide bonds. The van der Waals surface area contributed by atoms with Crippen molar-refractivity contribution in [3.63, 3.8) is 0 Å². The summed E-state index contributed by atoms with van der Waals surface area (Å²) in [4.78, 5) is 0. The number of unbranched alkanes of at least 4 members (excludes halogenated alkanes) is 2. The van der Waals surface area contributed by atoms with Crippen LogP contribution in [0, 0.1) is 0 Å². The maximum atomic E-state index is 7.56. The summed E-state index contributed by atoms with van der Waals surface area (Å²) < 4.78 is 7.56. The SMILES string of the molecule is CCCCNCCB(c1ccccc1)C(OC(B(CCNCCCC)c1ccccc1)c1ccccc1)c1ccccc1. The van der Waals surface area contributed by atoms with Gasteiger partial charge in [-0.2, -0.15) is 0 Å². The highest BCUT2D eigenvalue weighted by molar-refractivity contribution is 6.75. The van der Waals surface area contributed by atoms with E-state index in [4.69, 9.17) is 4.74 Å². The Kier molecular flexibility index (Phi) is 14.7. The molecule has 0 aliphatic heterocycles. The van der Waals surface area contributed by atoms with Crippen molar-refractivity contribution < 1.29 is 4.74 Å². The highest BCUT2D eigenvalue weighted by Gasteiger charge is 2.36. The van der Waals surface area contributed by atoms with Crippen molar-refractivity contribution in [1.82, 2.24) is 10.6 Å². The summed E-state index contributed by atoms with van der Waals surface area (Å²) in [5.41, 5.74) is 5.13. The van der Waals surface area contributed by atoms with Gasteiger partial charge in [-0.3, -0.25) is 0 Å². The third-order valence-electron chi connectivity index (χ3n) is 8.41. The van der Waals surface area contributed by atoms with Gasteiger partial charge in [0.2, 0.25) is 13.4 Å². The van der Waals surface area contributed by atoms with Gasteiger partial charge in [0.15, 0.2) is 0 Å². The number of rotatable bonds is 20. The maximum absolute atomic E-state index is 7.56. The van der Waals surface area contributed by atoms with E-state index in [2.05, 4.69) is 146 Å². The molecule has 0 saturated heterocycles. The molecule has 0 spiro atoms. The molecule has 4 rings (SSSR count). The molecule has 4 aromatic carbocycles. The fourth-order valence-corrected chi connectivity index (χ4v) is 6.01. The molecule has 0 bridgehead atoms. The Morgan fingerprint density at radius 2 is 0.837 bits per heavy atom. The molecule has 0 radical (unpaired) electrons. The standard InChI is InChI=1S/C38H50B2N2O/c1-3-5-29-41-31-27-39(35-23-15-9-16-24-35)37(33-19-11-7-12-20-33)43-38(34-21-13-8-14-22-34)40(28-32-42-30-6-4-2)36-25-17-10-18-26-36/h7-26,37-38,41-42H,3-6,27-32H2,1-2H3. The lowest BCUT2D eigenvalue weighted by Crippen LogP contribution is -2.45. The third-order valence-corrected chi connectivity index (χ3v) is 8.41. The lowest BCUT2D eigenvalue weighted by atomic mass is 9.36. The van der Waals surface area contributed by atoms with E-state index in [1.54, 1.807) is 0 Å². The summed E-state index contributed by atoms with van der Waals surface area (Å²) in [5.74, 6) is 0. The van der Waals surface area contributed by atoms with Gasteiger partial charge in [-0.05, 0) is 50.1 Å². The molecule has 0 aromatic heterocycles. The van der Waals surface area contributed by atoms with Gasteiger partial charge in [0, 0.05) is 0 Å². The van der Waals surface area contributed by atoms with Crippen molar-refractivity contribution in [3.05, 3.63) is 132 Å². The van der Waals surface area contributed by atoms with Crippen molar-refractivity contribution >= 4 is 24.4 Å². The van der Waals surface area contributed by atoms with E-state index in [0.29, 0.717) is 0 Å². The van der Waals surface area contributed by atoms with Crippen LogP contribution in [0.5, 0.6) is 0 Å². The smallest absolute Gasteiger partial charge is 0.216 e. The maximum Gasteiger partial charge on any atom is 0.216 e. The van der Waals surface area contributed by atoms with Gasteiger partial charge < -0.3 is 15.4 Å². The summed E-state index contributed by atoms with van der Waals surface area (Å²) in [6.07, 6.45) is 6.83.